The maximum absolute atomic E-state index is 14.8. The molecule has 148 valence electrons. The largest absolute Gasteiger partial charge is 0.442 e. The summed E-state index contributed by atoms with van der Waals surface area (Å²) >= 11 is 0. The molecule has 1 aromatic rings. The molecule has 1 aliphatic carbocycles. The number of fused-ring (bicyclic) bond motifs is 1. The lowest BCUT2D eigenvalue weighted by molar-refractivity contribution is -0.119. The second-order valence-electron chi connectivity index (χ2n) is 7.92. The molecule has 1 N–H and O–H groups in total. The van der Waals surface area contributed by atoms with Crippen LogP contribution in [0.2, 0.25) is 0 Å². The molecule has 7 nitrogen and oxygen atoms in total. The number of carbonyl (C=O) groups excluding carboxylic acids is 2. The quantitative estimate of drug-likeness (QED) is 0.838. The van der Waals surface area contributed by atoms with Crippen LogP contribution in [-0.4, -0.2) is 44.3 Å². The van der Waals surface area contributed by atoms with Gasteiger partial charge in [0.15, 0.2) is 0 Å². The van der Waals surface area contributed by atoms with E-state index in [0.29, 0.717) is 29.1 Å². The number of nitrogens with one attached hydrogen (secondary N) is 1. The van der Waals surface area contributed by atoms with Crippen molar-refractivity contribution in [2.24, 2.45) is 23.7 Å². The first-order chi connectivity index (χ1) is 13.4. The number of benzene rings is 1. The maximum atomic E-state index is 14.8. The Bertz CT molecular complexity index is 842. The molecule has 0 aromatic heterocycles. The Morgan fingerprint density at radius 1 is 1.39 bits per heavy atom. The third kappa shape index (κ3) is 3.26. The Morgan fingerprint density at radius 2 is 2.11 bits per heavy atom. The minimum absolute atomic E-state index is 0.0518. The summed E-state index contributed by atoms with van der Waals surface area (Å²) in [6.45, 7) is 5.38. The van der Waals surface area contributed by atoms with Gasteiger partial charge in [-0.1, -0.05) is 0 Å². The number of piperidine rings is 1. The Labute approximate surface area is 163 Å². The number of amides is 2. The molecule has 28 heavy (non-hydrogen) atoms. The van der Waals surface area contributed by atoms with Crippen LogP contribution in [-0.2, 0) is 9.53 Å². The van der Waals surface area contributed by atoms with Gasteiger partial charge in [0.25, 0.3) is 0 Å². The van der Waals surface area contributed by atoms with Crippen molar-refractivity contribution in [1.29, 1.82) is 5.26 Å². The summed E-state index contributed by atoms with van der Waals surface area (Å²) in [6, 6.07) is 7.10. The van der Waals surface area contributed by atoms with Gasteiger partial charge < -0.3 is 15.0 Å². The molecular weight excluding hydrogens is 363 g/mol. The summed E-state index contributed by atoms with van der Waals surface area (Å²) in [5.41, 5.74) is 0.971. The van der Waals surface area contributed by atoms with E-state index in [2.05, 4.69) is 11.4 Å². The van der Waals surface area contributed by atoms with Crippen LogP contribution in [0.25, 0.3) is 0 Å². The van der Waals surface area contributed by atoms with E-state index >= 15 is 0 Å². The van der Waals surface area contributed by atoms with Gasteiger partial charge in [-0.05, 0) is 42.9 Å². The van der Waals surface area contributed by atoms with E-state index in [4.69, 9.17) is 10.00 Å². The van der Waals surface area contributed by atoms with Gasteiger partial charge in [0.1, 0.15) is 11.9 Å². The van der Waals surface area contributed by atoms with Crippen molar-refractivity contribution in [2.45, 2.75) is 20.0 Å². The van der Waals surface area contributed by atoms with E-state index in [1.165, 1.54) is 17.9 Å². The number of halogens is 1. The molecule has 4 rings (SSSR count). The predicted octanol–water partition coefficient (Wildman–Crippen LogP) is 2.13. The fourth-order valence-corrected chi connectivity index (χ4v) is 4.61. The number of carbonyl (C=O) groups is 2. The lowest BCUT2D eigenvalue weighted by Gasteiger charge is -2.24. The second-order valence-corrected chi connectivity index (χ2v) is 7.92. The summed E-state index contributed by atoms with van der Waals surface area (Å²) in [5, 5.41) is 11.7. The van der Waals surface area contributed by atoms with Crippen molar-refractivity contribution in [1.82, 2.24) is 5.32 Å². The van der Waals surface area contributed by atoms with E-state index in [9.17, 15) is 14.0 Å². The smallest absolute Gasteiger partial charge is 0.414 e. The average molecular weight is 386 g/mol. The fraction of sp³-hybridized carbons (Fsp3) is 0.550. The Morgan fingerprint density at radius 3 is 2.71 bits per heavy atom. The molecule has 1 aromatic carbocycles. The van der Waals surface area contributed by atoms with Crippen molar-refractivity contribution >= 4 is 23.4 Å². The Balaban J connectivity index is 1.40. The minimum Gasteiger partial charge on any atom is -0.442 e. The first kappa shape index (κ1) is 18.5. The fourth-order valence-electron chi connectivity index (χ4n) is 4.61. The molecule has 2 saturated heterocycles. The lowest BCUT2D eigenvalue weighted by atomic mass is 10.0. The molecule has 2 amide bonds. The van der Waals surface area contributed by atoms with Crippen LogP contribution in [0.15, 0.2) is 18.2 Å². The molecule has 3 aliphatic rings. The van der Waals surface area contributed by atoms with E-state index in [0.717, 1.165) is 13.1 Å². The summed E-state index contributed by atoms with van der Waals surface area (Å²) in [6.07, 6.45) is -0.998. The summed E-state index contributed by atoms with van der Waals surface area (Å²) < 4.78 is 20.0. The monoisotopic (exact) mass is 386 g/mol. The number of rotatable bonds is 5. The van der Waals surface area contributed by atoms with Crippen molar-refractivity contribution in [3.8, 4) is 6.07 Å². The molecule has 0 radical (unpaired) electrons. The van der Waals surface area contributed by atoms with Crippen molar-refractivity contribution < 1.29 is 18.7 Å². The van der Waals surface area contributed by atoms with E-state index < -0.39 is 12.2 Å². The number of ether oxygens (including phenoxy) is 1. The molecular formula is C20H23FN4O3. The highest BCUT2D eigenvalue weighted by molar-refractivity contribution is 5.90. The topological polar surface area (TPSA) is 85.7 Å². The van der Waals surface area contributed by atoms with E-state index in [1.807, 2.05) is 11.8 Å². The Kier molecular flexibility index (Phi) is 4.61. The number of nitrogens with zero attached hydrogens (tertiary/aromatic N) is 3. The SMILES string of the molecule is CC(=O)NC[C@H]1CN(c2ccc(N3C[C@@H]4C([C@H](C)C#N)[C@@H]4C3)c(F)c2)C(=O)O1. The van der Waals surface area contributed by atoms with Crippen molar-refractivity contribution in [3.05, 3.63) is 24.0 Å². The van der Waals surface area contributed by atoms with Crippen LogP contribution < -0.4 is 15.1 Å². The summed E-state index contributed by atoms with van der Waals surface area (Å²) in [4.78, 5) is 26.5. The molecule has 1 unspecified atom stereocenters. The van der Waals surface area contributed by atoms with Crippen LogP contribution in [0.3, 0.4) is 0 Å². The number of nitriles is 1. The van der Waals surface area contributed by atoms with Gasteiger partial charge in [-0.2, -0.15) is 5.26 Å². The molecule has 8 heteroatoms. The molecule has 2 aliphatic heterocycles. The molecule has 3 fully saturated rings. The van der Waals surface area contributed by atoms with E-state index in [1.54, 1.807) is 12.1 Å². The molecule has 0 spiro atoms. The van der Waals surface area contributed by atoms with Gasteiger partial charge in [0.2, 0.25) is 5.91 Å². The highest BCUT2D eigenvalue weighted by Crippen LogP contribution is 2.56. The normalized spacial score (nSPS) is 29.1. The van der Waals surface area contributed by atoms with Crippen LogP contribution >= 0.6 is 0 Å². The standard InChI is InChI=1S/C20H23FN4O3/c1-11(6-22)19-15-9-24(10-16(15)19)18-4-3-13(5-17(18)21)25-8-14(28-20(25)27)7-23-12(2)26/h3-5,11,14-16,19H,7-10H2,1-2H3,(H,23,26)/t11-,14+,15-,16+,19?/m1/s1. The van der Waals surface area contributed by atoms with Crippen molar-refractivity contribution in [2.75, 3.05) is 36.0 Å². The zero-order valence-electron chi connectivity index (χ0n) is 15.9. The molecule has 0 bridgehead atoms. The zero-order valence-corrected chi connectivity index (χ0v) is 15.9. The highest BCUT2D eigenvalue weighted by Gasteiger charge is 2.58. The third-order valence-corrected chi connectivity index (χ3v) is 6.08. The average Bonchev–Trinajstić information content (AvgIpc) is 2.99. The van der Waals surface area contributed by atoms with Gasteiger partial charge in [-0.3, -0.25) is 9.69 Å². The van der Waals surface area contributed by atoms with Crippen LogP contribution in [0.5, 0.6) is 0 Å². The zero-order chi connectivity index (χ0) is 20.0. The number of hydrogen-bond acceptors (Lipinski definition) is 5. The van der Waals surface area contributed by atoms with Gasteiger partial charge in [-0.25, -0.2) is 9.18 Å². The van der Waals surface area contributed by atoms with Gasteiger partial charge >= 0.3 is 6.09 Å². The van der Waals surface area contributed by atoms with Crippen LogP contribution in [0.1, 0.15) is 13.8 Å². The number of hydrogen-bond donors (Lipinski definition) is 1. The predicted molar refractivity (Wildman–Crippen MR) is 100 cm³/mol. The van der Waals surface area contributed by atoms with Crippen molar-refractivity contribution in [3.63, 3.8) is 0 Å². The number of cyclic esters (lactones) is 1. The molecule has 1 saturated carbocycles. The first-order valence-electron chi connectivity index (χ1n) is 9.55. The first-order valence-corrected chi connectivity index (χ1v) is 9.55. The number of anilines is 2. The Hall–Kier alpha value is -2.82. The second kappa shape index (κ2) is 6.97. The van der Waals surface area contributed by atoms with E-state index in [-0.39, 0.29) is 30.7 Å². The lowest BCUT2D eigenvalue weighted by Crippen LogP contribution is -2.33. The molecule has 5 atom stereocenters. The summed E-state index contributed by atoms with van der Waals surface area (Å²) in [5.74, 6) is 0.856. The summed E-state index contributed by atoms with van der Waals surface area (Å²) in [7, 11) is 0. The van der Waals surface area contributed by atoms with Gasteiger partial charge in [0, 0.05) is 25.9 Å². The molecule has 2 heterocycles. The van der Waals surface area contributed by atoms with Gasteiger partial charge in [0.05, 0.1) is 30.5 Å². The maximum Gasteiger partial charge on any atom is 0.414 e. The van der Waals surface area contributed by atoms with Gasteiger partial charge in [-0.15, -0.1) is 0 Å². The highest BCUT2D eigenvalue weighted by atomic mass is 19.1. The van der Waals surface area contributed by atoms with Crippen LogP contribution in [0.4, 0.5) is 20.6 Å². The minimum atomic E-state index is -0.543. The third-order valence-electron chi connectivity index (χ3n) is 6.08. The van der Waals surface area contributed by atoms with Crippen LogP contribution in [0, 0.1) is 40.8 Å².